The largest absolute Gasteiger partial charge is 0.497 e. The van der Waals surface area contributed by atoms with Crippen molar-refractivity contribution in [1.82, 2.24) is 10.9 Å². The first-order chi connectivity index (χ1) is 13.0. The lowest BCUT2D eigenvalue weighted by atomic mass is 10.1. The number of carbonyl (C=O) groups excluding carboxylic acids is 2. The summed E-state index contributed by atoms with van der Waals surface area (Å²) >= 11 is 0. The van der Waals surface area contributed by atoms with Crippen LogP contribution in [-0.2, 0) is 9.59 Å². The van der Waals surface area contributed by atoms with E-state index in [1.807, 2.05) is 0 Å². The van der Waals surface area contributed by atoms with Crippen molar-refractivity contribution in [2.75, 3.05) is 20.8 Å². The Morgan fingerprint density at radius 1 is 1.00 bits per heavy atom. The van der Waals surface area contributed by atoms with Gasteiger partial charge in [-0.2, -0.15) is 0 Å². The van der Waals surface area contributed by atoms with Crippen molar-refractivity contribution >= 4 is 17.9 Å². The Morgan fingerprint density at radius 3 is 2.37 bits per heavy atom. The van der Waals surface area contributed by atoms with Gasteiger partial charge in [0, 0.05) is 17.7 Å². The van der Waals surface area contributed by atoms with Crippen LogP contribution in [0.3, 0.4) is 0 Å². The van der Waals surface area contributed by atoms with Gasteiger partial charge in [-0.15, -0.1) is 0 Å². The van der Waals surface area contributed by atoms with Gasteiger partial charge in [-0.25, -0.2) is 4.39 Å². The van der Waals surface area contributed by atoms with Gasteiger partial charge in [0.1, 0.15) is 23.1 Å². The van der Waals surface area contributed by atoms with E-state index in [1.54, 1.807) is 25.3 Å². The molecule has 0 bridgehead atoms. The maximum atomic E-state index is 12.8. The molecule has 7 nitrogen and oxygen atoms in total. The molecule has 142 valence electrons. The Balaban J connectivity index is 1.80. The van der Waals surface area contributed by atoms with Gasteiger partial charge in [0.2, 0.25) is 0 Å². The van der Waals surface area contributed by atoms with E-state index in [0.717, 1.165) is 0 Å². The van der Waals surface area contributed by atoms with Crippen LogP contribution in [0.2, 0.25) is 0 Å². The maximum Gasteiger partial charge on any atom is 0.276 e. The molecule has 2 amide bonds. The van der Waals surface area contributed by atoms with Gasteiger partial charge in [-0.05, 0) is 42.5 Å². The first-order valence-electron chi connectivity index (χ1n) is 7.89. The van der Waals surface area contributed by atoms with Gasteiger partial charge in [-0.3, -0.25) is 20.4 Å². The van der Waals surface area contributed by atoms with Crippen LogP contribution >= 0.6 is 0 Å². The fraction of sp³-hybridized carbons (Fsp3) is 0.158. The number of halogens is 1. The molecule has 2 N–H and O–H groups in total. The highest BCUT2D eigenvalue weighted by atomic mass is 19.1. The van der Waals surface area contributed by atoms with E-state index in [1.165, 1.54) is 43.5 Å². The molecular weight excluding hydrogens is 355 g/mol. The molecule has 0 aliphatic heterocycles. The number of benzene rings is 2. The molecule has 0 unspecified atom stereocenters. The van der Waals surface area contributed by atoms with E-state index in [9.17, 15) is 14.0 Å². The minimum absolute atomic E-state index is 0.331. The Bertz CT molecular complexity index is 821. The van der Waals surface area contributed by atoms with Crippen LogP contribution in [0.4, 0.5) is 4.39 Å². The lowest BCUT2D eigenvalue weighted by Crippen LogP contribution is -2.43. The number of nitrogens with one attached hydrogen (secondary N) is 2. The molecule has 2 rings (SSSR count). The number of hydrogen-bond donors (Lipinski definition) is 2. The van der Waals surface area contributed by atoms with Gasteiger partial charge < -0.3 is 14.2 Å². The lowest BCUT2D eigenvalue weighted by Gasteiger charge is -2.08. The minimum atomic E-state index is -0.567. The maximum absolute atomic E-state index is 12.8. The molecule has 2 aromatic rings. The molecular formula is C19H19FN2O5. The van der Waals surface area contributed by atoms with E-state index in [2.05, 4.69) is 10.9 Å². The van der Waals surface area contributed by atoms with E-state index < -0.39 is 17.6 Å². The zero-order valence-electron chi connectivity index (χ0n) is 14.8. The predicted octanol–water partition coefficient (Wildman–Crippen LogP) is 2.08. The Hall–Kier alpha value is -3.55. The summed E-state index contributed by atoms with van der Waals surface area (Å²) in [7, 11) is 3.05. The Kier molecular flexibility index (Phi) is 7.18. The Labute approximate surface area is 155 Å². The molecule has 0 aliphatic carbocycles. The van der Waals surface area contributed by atoms with Crippen LogP contribution < -0.4 is 25.1 Å². The van der Waals surface area contributed by atoms with Crippen LogP contribution in [0.25, 0.3) is 6.08 Å². The number of amides is 2. The first kappa shape index (κ1) is 19.8. The fourth-order valence-electron chi connectivity index (χ4n) is 2.01. The standard InChI is InChI=1S/C19H19FN2O5/c1-25-16-7-3-13(17(11-16)26-2)4-10-18(23)21-22-19(24)12-27-15-8-5-14(20)6-9-15/h3-11H,12H2,1-2H3,(H,21,23)(H,22,24)/b10-4+. The van der Waals surface area contributed by atoms with Crippen LogP contribution in [0, 0.1) is 5.82 Å². The molecule has 0 saturated carbocycles. The average Bonchev–Trinajstić information content (AvgIpc) is 2.70. The molecule has 0 aromatic heterocycles. The first-order valence-corrected chi connectivity index (χ1v) is 7.89. The van der Waals surface area contributed by atoms with Crippen molar-refractivity contribution in [3.63, 3.8) is 0 Å². The van der Waals surface area contributed by atoms with E-state index in [0.29, 0.717) is 22.8 Å². The summed E-state index contributed by atoms with van der Waals surface area (Å²) in [5, 5.41) is 0. The third-order valence-electron chi connectivity index (χ3n) is 3.36. The second kappa shape index (κ2) is 9.81. The van der Waals surface area contributed by atoms with Gasteiger partial charge in [-0.1, -0.05) is 0 Å². The van der Waals surface area contributed by atoms with E-state index in [-0.39, 0.29) is 6.61 Å². The van der Waals surface area contributed by atoms with Crippen molar-refractivity contribution in [1.29, 1.82) is 0 Å². The third kappa shape index (κ3) is 6.35. The highest BCUT2D eigenvalue weighted by molar-refractivity contribution is 5.93. The Morgan fingerprint density at radius 2 is 1.70 bits per heavy atom. The van der Waals surface area contributed by atoms with Crippen molar-refractivity contribution in [2.45, 2.75) is 0 Å². The highest BCUT2D eigenvalue weighted by Gasteiger charge is 2.05. The molecule has 0 atom stereocenters. The van der Waals surface area contributed by atoms with Crippen molar-refractivity contribution in [3.8, 4) is 17.2 Å². The lowest BCUT2D eigenvalue weighted by molar-refractivity contribution is -0.128. The number of carbonyl (C=O) groups is 2. The number of ether oxygens (including phenoxy) is 3. The van der Waals surface area contributed by atoms with Gasteiger partial charge in [0.25, 0.3) is 11.8 Å². The summed E-state index contributed by atoms with van der Waals surface area (Å²) in [4.78, 5) is 23.4. The zero-order valence-corrected chi connectivity index (χ0v) is 14.8. The molecule has 0 fully saturated rings. The molecule has 0 heterocycles. The molecule has 8 heteroatoms. The molecule has 0 radical (unpaired) electrons. The average molecular weight is 374 g/mol. The smallest absolute Gasteiger partial charge is 0.276 e. The molecule has 0 saturated heterocycles. The highest BCUT2D eigenvalue weighted by Crippen LogP contribution is 2.25. The minimum Gasteiger partial charge on any atom is -0.497 e. The van der Waals surface area contributed by atoms with E-state index in [4.69, 9.17) is 14.2 Å². The van der Waals surface area contributed by atoms with Gasteiger partial charge >= 0.3 is 0 Å². The van der Waals surface area contributed by atoms with E-state index >= 15 is 0 Å². The number of methoxy groups -OCH3 is 2. The fourth-order valence-corrected chi connectivity index (χ4v) is 2.01. The summed E-state index contributed by atoms with van der Waals surface area (Å²) in [5.41, 5.74) is 5.10. The quantitative estimate of drug-likeness (QED) is 0.573. The molecule has 0 aliphatic rings. The molecule has 2 aromatic carbocycles. The number of hydrogen-bond acceptors (Lipinski definition) is 5. The second-order valence-electron chi connectivity index (χ2n) is 5.22. The third-order valence-corrected chi connectivity index (χ3v) is 3.36. The summed E-state index contributed by atoms with van der Waals surface area (Å²) in [6.45, 7) is -0.331. The van der Waals surface area contributed by atoms with Crippen LogP contribution in [0.5, 0.6) is 17.2 Å². The summed E-state index contributed by atoms with van der Waals surface area (Å²) in [5.74, 6) is -0.00757. The number of rotatable bonds is 7. The monoisotopic (exact) mass is 374 g/mol. The van der Waals surface area contributed by atoms with Crippen LogP contribution in [-0.4, -0.2) is 32.6 Å². The second-order valence-corrected chi connectivity index (χ2v) is 5.22. The zero-order chi connectivity index (χ0) is 19.6. The predicted molar refractivity (Wildman–Crippen MR) is 96.8 cm³/mol. The normalized spacial score (nSPS) is 10.3. The van der Waals surface area contributed by atoms with Gasteiger partial charge in [0.15, 0.2) is 6.61 Å². The summed E-state index contributed by atoms with van der Waals surface area (Å²) in [6.07, 6.45) is 2.78. The SMILES string of the molecule is COc1ccc(/C=C/C(=O)NNC(=O)COc2ccc(F)cc2)c(OC)c1. The van der Waals surface area contributed by atoms with Gasteiger partial charge in [0.05, 0.1) is 14.2 Å². The number of hydrazine groups is 1. The summed E-state index contributed by atoms with van der Waals surface area (Å²) < 4.78 is 28.3. The van der Waals surface area contributed by atoms with Crippen LogP contribution in [0.15, 0.2) is 48.5 Å². The molecule has 27 heavy (non-hydrogen) atoms. The summed E-state index contributed by atoms with van der Waals surface area (Å²) in [6, 6.07) is 10.4. The van der Waals surface area contributed by atoms with Crippen molar-refractivity contribution in [2.24, 2.45) is 0 Å². The van der Waals surface area contributed by atoms with Crippen molar-refractivity contribution in [3.05, 3.63) is 59.9 Å². The topological polar surface area (TPSA) is 85.9 Å². The van der Waals surface area contributed by atoms with Crippen LogP contribution in [0.1, 0.15) is 5.56 Å². The van der Waals surface area contributed by atoms with Crippen molar-refractivity contribution < 1.29 is 28.2 Å². The molecule has 0 spiro atoms.